The van der Waals surface area contributed by atoms with E-state index >= 15 is 0 Å². The van der Waals surface area contributed by atoms with Gasteiger partial charge in [-0.3, -0.25) is 0 Å². The van der Waals surface area contributed by atoms with E-state index in [-0.39, 0.29) is 5.92 Å². The Labute approximate surface area is 138 Å². The molecule has 1 aliphatic carbocycles. The Balaban J connectivity index is 1.69. The highest BCUT2D eigenvalue weighted by atomic mass is 32.2. The van der Waals surface area contributed by atoms with Gasteiger partial charge in [0.1, 0.15) is 0 Å². The number of nitriles is 1. The molecule has 1 N–H and O–H groups in total. The molecule has 0 aromatic heterocycles. The minimum atomic E-state index is -3.39. The number of aryl methyl sites for hydroxylation is 2. The highest BCUT2D eigenvalue weighted by molar-refractivity contribution is 7.89. The normalized spacial score (nSPS) is 20.9. The van der Waals surface area contributed by atoms with Crippen LogP contribution in [0.2, 0.25) is 0 Å². The van der Waals surface area contributed by atoms with Gasteiger partial charge < -0.3 is 4.90 Å². The van der Waals surface area contributed by atoms with E-state index in [2.05, 4.69) is 6.07 Å². The quantitative estimate of drug-likeness (QED) is 0.857. The van der Waals surface area contributed by atoms with Crippen LogP contribution in [0.3, 0.4) is 0 Å². The molecular weight excluding hydrogens is 310 g/mol. The molecule has 2 aliphatic rings. The van der Waals surface area contributed by atoms with Crippen LogP contribution in [-0.2, 0) is 22.9 Å². The van der Waals surface area contributed by atoms with Crippen LogP contribution in [0.1, 0.15) is 24.5 Å². The number of benzene rings is 1. The first kappa shape index (κ1) is 16.4. The van der Waals surface area contributed by atoms with Crippen molar-refractivity contribution in [1.82, 2.24) is 4.31 Å². The predicted molar refractivity (Wildman–Crippen MR) is 87.6 cm³/mol. The Kier molecular flexibility index (Phi) is 4.72. The number of rotatable bonds is 4. The smallest absolute Gasteiger partial charge is 0.243 e. The topological polar surface area (TPSA) is 65.6 Å². The third kappa shape index (κ3) is 3.42. The number of fused-ring (bicyclic) bond motifs is 1. The van der Waals surface area contributed by atoms with E-state index in [0.717, 1.165) is 38.9 Å². The molecule has 1 aromatic rings. The molecule has 0 saturated carbocycles. The van der Waals surface area contributed by atoms with Gasteiger partial charge in [-0.2, -0.15) is 9.57 Å². The predicted octanol–water partition coefficient (Wildman–Crippen LogP) is 0.224. The van der Waals surface area contributed by atoms with Gasteiger partial charge in [-0.1, -0.05) is 6.07 Å². The van der Waals surface area contributed by atoms with Crippen LogP contribution < -0.4 is 4.90 Å². The van der Waals surface area contributed by atoms with Crippen LogP contribution in [0.25, 0.3) is 0 Å². The van der Waals surface area contributed by atoms with Gasteiger partial charge in [-0.15, -0.1) is 0 Å². The number of sulfonamides is 1. The Morgan fingerprint density at radius 3 is 2.65 bits per heavy atom. The van der Waals surface area contributed by atoms with Gasteiger partial charge in [-0.05, 0) is 49.4 Å². The van der Waals surface area contributed by atoms with Crippen molar-refractivity contribution < 1.29 is 13.3 Å². The number of hydrogen-bond donors (Lipinski definition) is 1. The molecule has 1 aromatic carbocycles. The molecule has 124 valence electrons. The lowest BCUT2D eigenvalue weighted by Gasteiger charge is -2.32. The molecule has 1 heterocycles. The third-order valence-corrected chi connectivity index (χ3v) is 6.85. The fourth-order valence-corrected chi connectivity index (χ4v) is 5.08. The van der Waals surface area contributed by atoms with Crippen LogP contribution in [-0.4, -0.2) is 45.4 Å². The number of nitrogens with zero attached hydrogens (tertiary/aromatic N) is 2. The molecule has 1 aliphatic heterocycles. The first-order valence-electron chi connectivity index (χ1n) is 8.36. The molecule has 0 unspecified atom stereocenters. The molecule has 6 heteroatoms. The molecule has 0 amide bonds. The summed E-state index contributed by atoms with van der Waals surface area (Å²) in [6.45, 7) is 5.33. The van der Waals surface area contributed by atoms with E-state index in [1.54, 1.807) is 10.4 Å². The second-order valence-corrected chi connectivity index (χ2v) is 8.61. The fraction of sp³-hybridized carbons (Fsp3) is 0.588. The van der Waals surface area contributed by atoms with Crippen LogP contribution >= 0.6 is 0 Å². The lowest BCUT2D eigenvalue weighted by molar-refractivity contribution is -0.905. The van der Waals surface area contributed by atoms with E-state index in [9.17, 15) is 8.42 Å². The fourth-order valence-electron chi connectivity index (χ4n) is 3.58. The summed E-state index contributed by atoms with van der Waals surface area (Å²) in [6.07, 6.45) is 3.18. The molecule has 23 heavy (non-hydrogen) atoms. The zero-order chi connectivity index (χ0) is 16.4. The highest BCUT2D eigenvalue weighted by Crippen LogP contribution is 2.26. The van der Waals surface area contributed by atoms with Crippen molar-refractivity contribution in [2.45, 2.75) is 31.1 Å². The molecule has 5 nitrogen and oxygen atoms in total. The average Bonchev–Trinajstić information content (AvgIpc) is 3.02. The van der Waals surface area contributed by atoms with Gasteiger partial charge in [0.2, 0.25) is 10.0 Å². The maximum atomic E-state index is 12.8. The standard InChI is InChI=1S/C17H23N3O2S/c1-14(12-18)13-19-7-9-20(10-8-19)23(21,22)17-6-5-15-3-2-4-16(15)11-17/h5-6,11,14H,2-4,7-10,13H2,1H3/p+1/t14-/m0/s1. The van der Waals surface area contributed by atoms with Gasteiger partial charge in [-0.25, -0.2) is 8.42 Å². The average molecular weight is 334 g/mol. The zero-order valence-corrected chi connectivity index (χ0v) is 14.4. The number of nitrogens with one attached hydrogen (secondary N) is 1. The highest BCUT2D eigenvalue weighted by Gasteiger charge is 2.31. The second kappa shape index (κ2) is 6.60. The zero-order valence-electron chi connectivity index (χ0n) is 13.6. The molecule has 0 bridgehead atoms. The number of piperazine rings is 1. The minimum absolute atomic E-state index is 0.0184. The first-order valence-corrected chi connectivity index (χ1v) is 9.80. The van der Waals surface area contributed by atoms with Gasteiger partial charge in [0.15, 0.2) is 0 Å². The van der Waals surface area contributed by atoms with Gasteiger partial charge in [0.25, 0.3) is 0 Å². The summed E-state index contributed by atoms with van der Waals surface area (Å²) in [6, 6.07) is 7.86. The van der Waals surface area contributed by atoms with Gasteiger partial charge in [0, 0.05) is 0 Å². The molecule has 0 radical (unpaired) electrons. The van der Waals surface area contributed by atoms with Crippen molar-refractivity contribution in [3.63, 3.8) is 0 Å². The maximum absolute atomic E-state index is 12.8. The summed E-state index contributed by atoms with van der Waals surface area (Å²) < 4.78 is 27.3. The maximum Gasteiger partial charge on any atom is 0.243 e. The van der Waals surface area contributed by atoms with E-state index in [1.165, 1.54) is 16.0 Å². The summed E-state index contributed by atoms with van der Waals surface area (Å²) in [5, 5.41) is 8.90. The van der Waals surface area contributed by atoms with Crippen molar-refractivity contribution in [3.8, 4) is 6.07 Å². The minimum Gasteiger partial charge on any atom is -0.332 e. The first-order chi connectivity index (χ1) is 11.0. The Morgan fingerprint density at radius 1 is 1.26 bits per heavy atom. The van der Waals surface area contributed by atoms with Crippen LogP contribution in [0.4, 0.5) is 0 Å². The summed E-state index contributed by atoms with van der Waals surface area (Å²) in [5.41, 5.74) is 2.49. The SMILES string of the molecule is C[C@@H](C#N)C[NH+]1CCN(S(=O)(=O)c2ccc3c(c2)CCC3)CC1. The largest absolute Gasteiger partial charge is 0.332 e. The molecule has 0 spiro atoms. The van der Waals surface area contributed by atoms with Crippen molar-refractivity contribution >= 4 is 10.0 Å². The van der Waals surface area contributed by atoms with E-state index in [4.69, 9.17) is 5.26 Å². The van der Waals surface area contributed by atoms with E-state index in [1.807, 2.05) is 19.1 Å². The summed E-state index contributed by atoms with van der Waals surface area (Å²) in [4.78, 5) is 1.76. The number of quaternary nitrogens is 1. The lowest BCUT2D eigenvalue weighted by Crippen LogP contribution is -3.15. The molecule has 1 fully saturated rings. The van der Waals surface area contributed by atoms with Crippen LogP contribution in [0.15, 0.2) is 23.1 Å². The van der Waals surface area contributed by atoms with Gasteiger partial charge in [0.05, 0.1) is 49.6 Å². The van der Waals surface area contributed by atoms with E-state index in [0.29, 0.717) is 18.0 Å². The monoisotopic (exact) mass is 334 g/mol. The van der Waals surface area contributed by atoms with Crippen molar-refractivity contribution in [2.24, 2.45) is 5.92 Å². The third-order valence-electron chi connectivity index (χ3n) is 4.95. The Morgan fingerprint density at radius 2 is 1.96 bits per heavy atom. The van der Waals surface area contributed by atoms with Crippen LogP contribution in [0.5, 0.6) is 0 Å². The lowest BCUT2D eigenvalue weighted by atomic mass is 10.1. The van der Waals surface area contributed by atoms with Gasteiger partial charge >= 0.3 is 0 Å². The summed E-state index contributed by atoms with van der Waals surface area (Å²) in [7, 11) is -3.39. The second-order valence-electron chi connectivity index (χ2n) is 6.67. The molecule has 1 saturated heterocycles. The summed E-state index contributed by atoms with van der Waals surface area (Å²) in [5.74, 6) is 0.0184. The van der Waals surface area contributed by atoms with Crippen molar-refractivity contribution in [1.29, 1.82) is 5.26 Å². The van der Waals surface area contributed by atoms with E-state index < -0.39 is 10.0 Å². The molecular formula is C17H24N3O2S+. The van der Waals surface area contributed by atoms with Crippen LogP contribution in [0, 0.1) is 17.2 Å². The Bertz CT molecular complexity index is 716. The van der Waals surface area contributed by atoms with Crippen molar-refractivity contribution in [3.05, 3.63) is 29.3 Å². The molecule has 1 atom stereocenters. The Hall–Kier alpha value is -1.42. The number of hydrogen-bond acceptors (Lipinski definition) is 3. The summed E-state index contributed by atoms with van der Waals surface area (Å²) >= 11 is 0. The molecule has 3 rings (SSSR count). The van der Waals surface area contributed by atoms with Crippen molar-refractivity contribution in [2.75, 3.05) is 32.7 Å².